The van der Waals surface area contributed by atoms with Gasteiger partial charge in [0.25, 0.3) is 0 Å². The number of rotatable bonds is 4. The zero-order chi connectivity index (χ0) is 11.7. The predicted molar refractivity (Wildman–Crippen MR) is 72.1 cm³/mol. The molecule has 0 spiro atoms. The Morgan fingerprint density at radius 1 is 1.29 bits per heavy atom. The van der Waals surface area contributed by atoms with E-state index in [4.69, 9.17) is 5.73 Å². The van der Waals surface area contributed by atoms with Crippen LogP contribution in [-0.2, 0) is 4.79 Å². The Balaban J connectivity index is 0.00000144. The van der Waals surface area contributed by atoms with E-state index in [2.05, 4.69) is 13.8 Å². The summed E-state index contributed by atoms with van der Waals surface area (Å²) in [6, 6.07) is 0.136. The summed E-state index contributed by atoms with van der Waals surface area (Å²) in [5, 5.41) is 0. The second-order valence-electron chi connectivity index (χ2n) is 5.35. The van der Waals surface area contributed by atoms with Gasteiger partial charge in [0.05, 0.1) is 5.92 Å². The molecule has 2 rings (SSSR count). The van der Waals surface area contributed by atoms with Crippen LogP contribution in [0.4, 0.5) is 0 Å². The number of hydrogen-bond acceptors (Lipinski definition) is 2. The summed E-state index contributed by atoms with van der Waals surface area (Å²) in [4.78, 5) is 14.4. The first kappa shape index (κ1) is 14.8. The molecule has 2 aliphatic rings. The highest BCUT2D eigenvalue weighted by Gasteiger charge is 2.49. The average Bonchev–Trinajstić information content (AvgIpc) is 2.85. The molecule has 2 bridgehead atoms. The fourth-order valence-corrected chi connectivity index (χ4v) is 3.61. The molecule has 0 saturated heterocycles. The number of nitrogens with zero attached hydrogens (tertiary/aromatic N) is 1. The number of fused-ring (bicyclic) bond motifs is 2. The number of hydrogen-bond donors (Lipinski definition) is 1. The summed E-state index contributed by atoms with van der Waals surface area (Å²) in [6.45, 7) is 5.90. The molecule has 100 valence electrons. The summed E-state index contributed by atoms with van der Waals surface area (Å²) in [6.07, 6.45) is 4.70. The quantitative estimate of drug-likeness (QED) is 0.841. The highest BCUT2D eigenvalue weighted by Crippen LogP contribution is 2.48. The minimum atomic E-state index is 0. The van der Waals surface area contributed by atoms with Crippen LogP contribution in [0.15, 0.2) is 0 Å². The van der Waals surface area contributed by atoms with Crippen molar-refractivity contribution in [3.63, 3.8) is 0 Å². The molecule has 0 radical (unpaired) electrons. The maximum absolute atomic E-state index is 12.4. The van der Waals surface area contributed by atoms with Gasteiger partial charge in [-0.1, -0.05) is 6.92 Å². The van der Waals surface area contributed by atoms with Gasteiger partial charge >= 0.3 is 0 Å². The summed E-state index contributed by atoms with van der Waals surface area (Å²) in [5.74, 6) is 1.66. The van der Waals surface area contributed by atoms with Gasteiger partial charge in [0.1, 0.15) is 0 Å². The van der Waals surface area contributed by atoms with Crippen LogP contribution in [0.5, 0.6) is 0 Å². The van der Waals surface area contributed by atoms with Gasteiger partial charge in [-0.15, -0.1) is 12.4 Å². The van der Waals surface area contributed by atoms with E-state index in [-0.39, 0.29) is 24.4 Å². The second kappa shape index (κ2) is 6.05. The van der Waals surface area contributed by atoms with Crippen LogP contribution in [0, 0.1) is 17.8 Å². The number of amides is 1. The first-order chi connectivity index (χ1) is 7.69. The highest BCUT2D eigenvalue weighted by atomic mass is 35.5. The third kappa shape index (κ3) is 2.60. The topological polar surface area (TPSA) is 46.3 Å². The van der Waals surface area contributed by atoms with Gasteiger partial charge < -0.3 is 10.6 Å². The van der Waals surface area contributed by atoms with E-state index in [0.29, 0.717) is 17.7 Å². The molecule has 0 aromatic rings. The lowest BCUT2D eigenvalue weighted by atomic mass is 9.84. The van der Waals surface area contributed by atoms with Crippen LogP contribution >= 0.6 is 12.4 Å². The zero-order valence-electron chi connectivity index (χ0n) is 10.9. The lowest BCUT2D eigenvalue weighted by Gasteiger charge is -2.32. The Morgan fingerprint density at radius 3 is 2.41 bits per heavy atom. The van der Waals surface area contributed by atoms with Gasteiger partial charge in [0, 0.05) is 19.1 Å². The van der Waals surface area contributed by atoms with Crippen molar-refractivity contribution in [3.05, 3.63) is 0 Å². The van der Waals surface area contributed by atoms with Crippen LogP contribution in [-0.4, -0.2) is 29.9 Å². The maximum atomic E-state index is 12.4. The van der Waals surface area contributed by atoms with Crippen LogP contribution in [0.2, 0.25) is 0 Å². The Hall–Kier alpha value is -0.280. The molecule has 2 saturated carbocycles. The molecule has 0 aliphatic heterocycles. The fraction of sp³-hybridized carbons (Fsp3) is 0.923. The molecular weight excluding hydrogens is 236 g/mol. The maximum Gasteiger partial charge on any atom is 0.227 e. The molecule has 2 N–H and O–H groups in total. The van der Waals surface area contributed by atoms with Crippen LogP contribution in [0.3, 0.4) is 0 Å². The molecule has 2 aliphatic carbocycles. The van der Waals surface area contributed by atoms with Crippen molar-refractivity contribution in [2.24, 2.45) is 23.5 Å². The highest BCUT2D eigenvalue weighted by molar-refractivity contribution is 5.85. The smallest absolute Gasteiger partial charge is 0.227 e. The minimum absolute atomic E-state index is 0. The van der Waals surface area contributed by atoms with Crippen LogP contribution < -0.4 is 5.73 Å². The van der Waals surface area contributed by atoms with Gasteiger partial charge in [0.15, 0.2) is 0 Å². The molecule has 0 aromatic carbocycles. The number of halogens is 1. The molecule has 2 fully saturated rings. The summed E-state index contributed by atoms with van der Waals surface area (Å²) < 4.78 is 0. The van der Waals surface area contributed by atoms with Crippen LogP contribution in [0.1, 0.15) is 39.5 Å². The molecule has 4 atom stereocenters. The van der Waals surface area contributed by atoms with Gasteiger partial charge in [-0.25, -0.2) is 0 Å². The Labute approximate surface area is 111 Å². The molecular formula is C13H25ClN2O. The van der Waals surface area contributed by atoms with Gasteiger partial charge in [-0.3, -0.25) is 4.79 Å². The number of carbonyl (C=O) groups excluding carboxylic acids is 1. The third-order valence-corrected chi connectivity index (χ3v) is 4.45. The van der Waals surface area contributed by atoms with Crippen molar-refractivity contribution in [1.82, 2.24) is 4.90 Å². The molecule has 4 unspecified atom stereocenters. The molecule has 0 heterocycles. The van der Waals surface area contributed by atoms with Crippen LogP contribution in [0.25, 0.3) is 0 Å². The van der Waals surface area contributed by atoms with Crippen molar-refractivity contribution >= 4 is 18.3 Å². The summed E-state index contributed by atoms with van der Waals surface area (Å²) in [7, 11) is 0. The van der Waals surface area contributed by atoms with E-state index in [9.17, 15) is 4.79 Å². The SMILES string of the molecule is CCCN(CC)C(=O)C1C2CCC(C2)C1N.Cl. The zero-order valence-corrected chi connectivity index (χ0v) is 11.7. The van der Waals surface area contributed by atoms with E-state index in [1.54, 1.807) is 0 Å². The molecule has 1 amide bonds. The largest absolute Gasteiger partial charge is 0.343 e. The van der Waals surface area contributed by atoms with E-state index in [1.807, 2.05) is 4.90 Å². The average molecular weight is 261 g/mol. The standard InChI is InChI=1S/C13H24N2O.ClH/c1-3-7-15(4-2)13(16)11-9-5-6-10(8-9)12(11)14;/h9-12H,3-8,14H2,1-2H3;1H. The lowest BCUT2D eigenvalue weighted by molar-refractivity contribution is -0.137. The lowest BCUT2D eigenvalue weighted by Crippen LogP contribution is -2.47. The van der Waals surface area contributed by atoms with E-state index >= 15 is 0 Å². The van der Waals surface area contributed by atoms with Crippen molar-refractivity contribution in [2.45, 2.75) is 45.6 Å². The molecule has 4 heteroatoms. The number of carbonyl (C=O) groups is 1. The predicted octanol–water partition coefficient (Wildman–Crippen LogP) is 2.04. The minimum Gasteiger partial charge on any atom is -0.343 e. The van der Waals surface area contributed by atoms with E-state index in [1.165, 1.54) is 19.3 Å². The Morgan fingerprint density at radius 2 is 1.94 bits per heavy atom. The fourth-order valence-electron chi connectivity index (χ4n) is 3.61. The van der Waals surface area contributed by atoms with Gasteiger partial charge in [-0.2, -0.15) is 0 Å². The second-order valence-corrected chi connectivity index (χ2v) is 5.35. The van der Waals surface area contributed by atoms with Crippen molar-refractivity contribution in [2.75, 3.05) is 13.1 Å². The van der Waals surface area contributed by atoms with Crippen molar-refractivity contribution < 1.29 is 4.79 Å². The normalized spacial score (nSPS) is 34.5. The van der Waals surface area contributed by atoms with Gasteiger partial charge in [-0.05, 0) is 44.4 Å². The monoisotopic (exact) mass is 260 g/mol. The van der Waals surface area contributed by atoms with E-state index in [0.717, 1.165) is 19.5 Å². The number of nitrogens with two attached hydrogens (primary N) is 1. The Kier molecular flexibility index (Phi) is 5.26. The van der Waals surface area contributed by atoms with E-state index < -0.39 is 0 Å². The third-order valence-electron chi connectivity index (χ3n) is 4.45. The molecule has 0 aromatic heterocycles. The van der Waals surface area contributed by atoms with Crippen molar-refractivity contribution in [1.29, 1.82) is 0 Å². The van der Waals surface area contributed by atoms with Crippen molar-refractivity contribution in [3.8, 4) is 0 Å². The Bertz CT molecular complexity index is 270. The first-order valence-corrected chi connectivity index (χ1v) is 6.73. The van der Waals surface area contributed by atoms with Gasteiger partial charge in [0.2, 0.25) is 5.91 Å². The first-order valence-electron chi connectivity index (χ1n) is 6.73. The molecule has 17 heavy (non-hydrogen) atoms. The summed E-state index contributed by atoms with van der Waals surface area (Å²) in [5.41, 5.74) is 6.21. The summed E-state index contributed by atoms with van der Waals surface area (Å²) >= 11 is 0. The molecule has 3 nitrogen and oxygen atoms in total.